The van der Waals surface area contributed by atoms with Crippen molar-refractivity contribution in [3.8, 4) is 0 Å². The number of hydrogen-bond donors (Lipinski definition) is 1. The van der Waals surface area contributed by atoms with Gasteiger partial charge in [-0.25, -0.2) is 0 Å². The number of halogens is 1. The highest BCUT2D eigenvalue weighted by Crippen LogP contribution is 2.10. The van der Waals surface area contributed by atoms with E-state index in [1.165, 1.54) is 0 Å². The molecule has 0 unspecified atom stereocenters. The Labute approximate surface area is 101 Å². The van der Waals surface area contributed by atoms with Crippen LogP contribution in [0.15, 0.2) is 24.3 Å². The zero-order valence-electron chi connectivity index (χ0n) is 9.50. The van der Waals surface area contributed by atoms with Crippen molar-refractivity contribution in [3.63, 3.8) is 0 Å². The maximum absolute atomic E-state index is 11.6. The molecule has 0 fully saturated rings. The number of hydrogen-bond acceptors (Lipinski definition) is 2. The Morgan fingerprint density at radius 2 is 2.25 bits per heavy atom. The summed E-state index contributed by atoms with van der Waals surface area (Å²) in [5.41, 5.74) is 0.567. The van der Waals surface area contributed by atoms with Crippen molar-refractivity contribution in [2.24, 2.45) is 0 Å². The van der Waals surface area contributed by atoms with Crippen molar-refractivity contribution < 1.29 is 9.53 Å². The van der Waals surface area contributed by atoms with Gasteiger partial charge in [-0.3, -0.25) is 4.79 Å². The molecule has 0 aromatic heterocycles. The molecule has 16 heavy (non-hydrogen) atoms. The molecule has 0 aliphatic rings. The minimum atomic E-state index is -0.130. The molecule has 0 saturated carbocycles. The zero-order chi connectivity index (χ0) is 12.0. The average Bonchev–Trinajstić information content (AvgIpc) is 2.24. The minimum absolute atomic E-state index is 0.130. The van der Waals surface area contributed by atoms with E-state index in [0.717, 1.165) is 0 Å². The molecule has 0 radical (unpaired) electrons. The number of carbonyl (C=O) groups is 1. The lowest BCUT2D eigenvalue weighted by Gasteiger charge is -2.08. The first kappa shape index (κ1) is 13.0. The fraction of sp³-hybridized carbons (Fsp3) is 0.417. The number of rotatable bonds is 5. The second-order valence-electron chi connectivity index (χ2n) is 3.69. The Morgan fingerprint density at radius 1 is 1.50 bits per heavy atom. The third kappa shape index (κ3) is 4.64. The third-order valence-electron chi connectivity index (χ3n) is 1.93. The van der Waals surface area contributed by atoms with E-state index >= 15 is 0 Å². The highest BCUT2D eigenvalue weighted by Gasteiger charge is 2.04. The van der Waals surface area contributed by atoms with E-state index in [2.05, 4.69) is 5.32 Å². The summed E-state index contributed by atoms with van der Waals surface area (Å²) in [7, 11) is 0. The highest BCUT2D eigenvalue weighted by molar-refractivity contribution is 6.30. The van der Waals surface area contributed by atoms with Crippen molar-refractivity contribution in [2.45, 2.75) is 20.0 Å². The van der Waals surface area contributed by atoms with Crippen LogP contribution in [0, 0.1) is 0 Å². The number of nitrogens with one attached hydrogen (secondary N) is 1. The number of amides is 1. The summed E-state index contributed by atoms with van der Waals surface area (Å²) >= 11 is 5.79. The van der Waals surface area contributed by atoms with Crippen LogP contribution >= 0.6 is 11.6 Å². The minimum Gasteiger partial charge on any atom is -0.377 e. The normalized spacial score (nSPS) is 10.5. The predicted octanol–water partition coefficient (Wildman–Crippen LogP) is 2.49. The van der Waals surface area contributed by atoms with Gasteiger partial charge in [0.05, 0.1) is 12.7 Å². The van der Waals surface area contributed by atoms with Crippen LogP contribution in [-0.2, 0) is 4.74 Å². The van der Waals surface area contributed by atoms with E-state index in [-0.39, 0.29) is 12.0 Å². The molecule has 88 valence electrons. The van der Waals surface area contributed by atoms with Crippen molar-refractivity contribution in [3.05, 3.63) is 34.9 Å². The largest absolute Gasteiger partial charge is 0.377 e. The van der Waals surface area contributed by atoms with Crippen LogP contribution in [0.2, 0.25) is 5.02 Å². The lowest BCUT2D eigenvalue weighted by atomic mass is 10.2. The molecule has 3 nitrogen and oxygen atoms in total. The van der Waals surface area contributed by atoms with Crippen LogP contribution in [0.4, 0.5) is 0 Å². The van der Waals surface area contributed by atoms with Gasteiger partial charge in [0.25, 0.3) is 5.91 Å². The molecular weight excluding hydrogens is 226 g/mol. The van der Waals surface area contributed by atoms with Gasteiger partial charge in [-0.2, -0.15) is 0 Å². The van der Waals surface area contributed by atoms with Crippen LogP contribution in [0.1, 0.15) is 24.2 Å². The van der Waals surface area contributed by atoms with E-state index in [4.69, 9.17) is 16.3 Å². The summed E-state index contributed by atoms with van der Waals surface area (Å²) in [4.78, 5) is 11.6. The van der Waals surface area contributed by atoms with Gasteiger partial charge < -0.3 is 10.1 Å². The van der Waals surface area contributed by atoms with Gasteiger partial charge in [-0.1, -0.05) is 17.7 Å². The summed E-state index contributed by atoms with van der Waals surface area (Å²) < 4.78 is 5.31. The lowest BCUT2D eigenvalue weighted by molar-refractivity contribution is 0.0746. The quantitative estimate of drug-likeness (QED) is 0.805. The molecule has 0 saturated heterocycles. The molecular formula is C12H16ClNO2. The van der Waals surface area contributed by atoms with E-state index in [0.29, 0.717) is 23.7 Å². The molecule has 0 aliphatic heterocycles. The van der Waals surface area contributed by atoms with Gasteiger partial charge in [0.15, 0.2) is 0 Å². The molecule has 1 rings (SSSR count). The SMILES string of the molecule is CC(C)OCCNC(=O)c1cccc(Cl)c1. The van der Waals surface area contributed by atoms with E-state index < -0.39 is 0 Å². The second kappa shape index (κ2) is 6.51. The molecule has 1 aromatic rings. The van der Waals surface area contributed by atoms with Gasteiger partial charge in [0, 0.05) is 17.1 Å². The van der Waals surface area contributed by atoms with Crippen molar-refractivity contribution in [1.82, 2.24) is 5.32 Å². The molecule has 1 aromatic carbocycles. The Balaban J connectivity index is 2.35. The molecule has 0 aliphatic carbocycles. The number of ether oxygens (including phenoxy) is 1. The third-order valence-corrected chi connectivity index (χ3v) is 2.16. The van der Waals surface area contributed by atoms with Crippen molar-refractivity contribution in [1.29, 1.82) is 0 Å². The van der Waals surface area contributed by atoms with Crippen molar-refractivity contribution in [2.75, 3.05) is 13.2 Å². The maximum Gasteiger partial charge on any atom is 0.251 e. The molecule has 4 heteroatoms. The molecule has 0 spiro atoms. The van der Waals surface area contributed by atoms with E-state index in [1.807, 2.05) is 13.8 Å². The maximum atomic E-state index is 11.6. The Morgan fingerprint density at radius 3 is 2.88 bits per heavy atom. The van der Waals surface area contributed by atoms with Crippen LogP contribution < -0.4 is 5.32 Å². The fourth-order valence-corrected chi connectivity index (χ4v) is 1.38. The monoisotopic (exact) mass is 241 g/mol. The average molecular weight is 242 g/mol. The van der Waals surface area contributed by atoms with Crippen LogP contribution in [0.3, 0.4) is 0 Å². The second-order valence-corrected chi connectivity index (χ2v) is 4.12. The lowest BCUT2D eigenvalue weighted by Crippen LogP contribution is -2.28. The molecule has 0 atom stereocenters. The first-order valence-electron chi connectivity index (χ1n) is 5.25. The molecule has 0 heterocycles. The van der Waals surface area contributed by atoms with Gasteiger partial charge in [-0.15, -0.1) is 0 Å². The Hall–Kier alpha value is -1.06. The summed E-state index contributed by atoms with van der Waals surface area (Å²) in [5, 5.41) is 3.32. The summed E-state index contributed by atoms with van der Waals surface area (Å²) in [6.45, 7) is 4.94. The number of benzene rings is 1. The van der Waals surface area contributed by atoms with E-state index in [9.17, 15) is 4.79 Å². The zero-order valence-corrected chi connectivity index (χ0v) is 10.3. The van der Waals surface area contributed by atoms with Crippen LogP contribution in [0.5, 0.6) is 0 Å². The fourth-order valence-electron chi connectivity index (χ4n) is 1.19. The van der Waals surface area contributed by atoms with E-state index in [1.54, 1.807) is 24.3 Å². The first-order chi connectivity index (χ1) is 7.59. The Kier molecular flexibility index (Phi) is 5.29. The topological polar surface area (TPSA) is 38.3 Å². The van der Waals surface area contributed by atoms with Gasteiger partial charge >= 0.3 is 0 Å². The highest BCUT2D eigenvalue weighted by atomic mass is 35.5. The molecule has 1 amide bonds. The molecule has 0 bridgehead atoms. The van der Waals surface area contributed by atoms with Gasteiger partial charge in [0.2, 0.25) is 0 Å². The molecule has 1 N–H and O–H groups in total. The van der Waals surface area contributed by atoms with Crippen molar-refractivity contribution >= 4 is 17.5 Å². The van der Waals surface area contributed by atoms with Crippen LogP contribution in [-0.4, -0.2) is 25.2 Å². The summed E-state index contributed by atoms with van der Waals surface area (Å²) in [5.74, 6) is -0.130. The number of carbonyl (C=O) groups excluding carboxylic acids is 1. The standard InChI is InChI=1S/C12H16ClNO2/c1-9(2)16-7-6-14-12(15)10-4-3-5-11(13)8-10/h3-5,8-9H,6-7H2,1-2H3,(H,14,15). The van der Waals surface area contributed by atoms with Crippen LogP contribution in [0.25, 0.3) is 0 Å². The smallest absolute Gasteiger partial charge is 0.251 e. The van der Waals surface area contributed by atoms with Gasteiger partial charge in [0.1, 0.15) is 0 Å². The first-order valence-corrected chi connectivity index (χ1v) is 5.63. The van der Waals surface area contributed by atoms with Gasteiger partial charge in [-0.05, 0) is 32.0 Å². The Bertz CT molecular complexity index is 353. The predicted molar refractivity (Wildman–Crippen MR) is 64.9 cm³/mol. The summed E-state index contributed by atoms with van der Waals surface area (Å²) in [6, 6.07) is 6.85. The summed E-state index contributed by atoms with van der Waals surface area (Å²) in [6.07, 6.45) is 0.183.